The maximum atomic E-state index is 9.64. The molecule has 0 aliphatic carbocycles. The number of carboxylic acid groups (broad SMARTS) is 2. The summed E-state index contributed by atoms with van der Waals surface area (Å²) in [6.45, 7) is 1.99. The first kappa shape index (κ1) is 18.6. The zero-order chi connectivity index (χ0) is 17.1. The van der Waals surface area contributed by atoms with Gasteiger partial charge in [0, 0.05) is 23.8 Å². The van der Waals surface area contributed by atoms with Crippen LogP contribution in [0.25, 0.3) is 0 Å². The summed E-state index contributed by atoms with van der Waals surface area (Å²) in [7, 11) is 0. The molecule has 7 nitrogen and oxygen atoms in total. The third-order valence-corrected chi connectivity index (χ3v) is 3.30. The number of pyridine rings is 1. The summed E-state index contributed by atoms with van der Waals surface area (Å²) in [5.41, 5.74) is 2.11. The molecule has 2 aromatic heterocycles. The number of nitrogens with zero attached hydrogens (tertiary/aromatic N) is 3. The quantitative estimate of drug-likeness (QED) is 0.611. The minimum atomic E-state index is -1.08. The van der Waals surface area contributed by atoms with Crippen LogP contribution in [0, 0.1) is 6.92 Å². The summed E-state index contributed by atoms with van der Waals surface area (Å²) in [4.78, 5) is 32.0. The third kappa shape index (κ3) is 9.20. The molecule has 0 amide bonds. The van der Waals surface area contributed by atoms with E-state index in [9.17, 15) is 9.59 Å². The van der Waals surface area contributed by atoms with Crippen molar-refractivity contribution >= 4 is 23.7 Å². The minimum Gasteiger partial charge on any atom is -0.481 e. The number of hydrogen-bond acceptors (Lipinski definition) is 6. The van der Waals surface area contributed by atoms with Gasteiger partial charge in [0.2, 0.25) is 0 Å². The van der Waals surface area contributed by atoms with E-state index in [4.69, 9.17) is 10.2 Å². The molecule has 0 atom stereocenters. The van der Waals surface area contributed by atoms with Gasteiger partial charge in [-0.05, 0) is 25.1 Å². The summed E-state index contributed by atoms with van der Waals surface area (Å²) in [5.74, 6) is -1.34. The predicted octanol–water partition coefficient (Wildman–Crippen LogP) is 2.41. The van der Waals surface area contributed by atoms with Crippen LogP contribution >= 0.6 is 11.8 Å². The minimum absolute atomic E-state index is 0.296. The Kier molecular flexibility index (Phi) is 8.30. The smallest absolute Gasteiger partial charge is 0.303 e. The maximum absolute atomic E-state index is 9.64. The fourth-order valence-corrected chi connectivity index (χ4v) is 2.10. The molecule has 0 saturated heterocycles. The first-order valence-corrected chi connectivity index (χ1v) is 7.72. The predicted molar refractivity (Wildman–Crippen MR) is 85.1 cm³/mol. The Labute approximate surface area is 137 Å². The Balaban J connectivity index is 0.000000284. The Bertz CT molecular complexity index is 624. The van der Waals surface area contributed by atoms with Crippen LogP contribution in [0.1, 0.15) is 24.2 Å². The van der Waals surface area contributed by atoms with E-state index in [-0.39, 0.29) is 12.8 Å². The maximum Gasteiger partial charge on any atom is 0.303 e. The van der Waals surface area contributed by atoms with Gasteiger partial charge in [0.05, 0.1) is 18.5 Å². The molecule has 0 spiro atoms. The SMILES string of the molecule is Cc1cccc(CSc2ncccn2)n1.O=C(O)CCC(=O)O. The number of aliphatic carboxylic acids is 2. The number of thioether (sulfide) groups is 1. The second-order valence-electron chi connectivity index (χ2n) is 4.38. The highest BCUT2D eigenvalue weighted by Crippen LogP contribution is 2.16. The fourth-order valence-electron chi connectivity index (χ4n) is 1.39. The Morgan fingerprint density at radius 3 is 2.17 bits per heavy atom. The lowest BCUT2D eigenvalue weighted by molar-refractivity contribution is -0.143. The molecule has 0 fully saturated rings. The molecule has 0 aliphatic heterocycles. The van der Waals surface area contributed by atoms with E-state index >= 15 is 0 Å². The molecule has 2 heterocycles. The van der Waals surface area contributed by atoms with Crippen LogP contribution in [0.4, 0.5) is 0 Å². The standard InChI is InChI=1S/C11H11N3S.C4H6O4/c1-9-4-2-5-10(14-9)8-15-11-12-6-3-7-13-11;5-3(6)1-2-4(7)8/h2-7H,8H2,1H3;1-2H2,(H,5,6)(H,7,8). The number of aryl methyl sites for hydroxylation is 1. The molecule has 2 aromatic rings. The van der Waals surface area contributed by atoms with Crippen LogP contribution < -0.4 is 0 Å². The Morgan fingerprint density at radius 1 is 1.04 bits per heavy atom. The summed E-state index contributed by atoms with van der Waals surface area (Å²) in [6, 6.07) is 7.84. The van der Waals surface area contributed by atoms with Crippen molar-refractivity contribution in [2.75, 3.05) is 0 Å². The van der Waals surface area contributed by atoms with Crippen LogP contribution in [-0.4, -0.2) is 37.1 Å². The summed E-state index contributed by atoms with van der Waals surface area (Å²) >= 11 is 1.60. The van der Waals surface area contributed by atoms with Gasteiger partial charge in [-0.15, -0.1) is 0 Å². The van der Waals surface area contributed by atoms with Gasteiger partial charge in [-0.3, -0.25) is 14.6 Å². The molecule has 0 aromatic carbocycles. The van der Waals surface area contributed by atoms with Crippen LogP contribution in [0.3, 0.4) is 0 Å². The topological polar surface area (TPSA) is 113 Å². The number of carboxylic acids is 2. The number of hydrogen-bond donors (Lipinski definition) is 2. The van der Waals surface area contributed by atoms with Gasteiger partial charge in [-0.25, -0.2) is 9.97 Å². The fraction of sp³-hybridized carbons (Fsp3) is 0.267. The van der Waals surface area contributed by atoms with E-state index in [1.807, 2.05) is 31.2 Å². The highest BCUT2D eigenvalue weighted by molar-refractivity contribution is 7.98. The highest BCUT2D eigenvalue weighted by Gasteiger charge is 2.00. The largest absolute Gasteiger partial charge is 0.481 e. The van der Waals surface area contributed by atoms with Crippen molar-refractivity contribution in [2.45, 2.75) is 30.7 Å². The van der Waals surface area contributed by atoms with Crippen molar-refractivity contribution in [1.29, 1.82) is 0 Å². The van der Waals surface area contributed by atoms with Crippen molar-refractivity contribution in [3.63, 3.8) is 0 Å². The van der Waals surface area contributed by atoms with Crippen molar-refractivity contribution in [2.24, 2.45) is 0 Å². The van der Waals surface area contributed by atoms with Gasteiger partial charge in [0.25, 0.3) is 0 Å². The molecule has 0 aliphatic rings. The van der Waals surface area contributed by atoms with Crippen molar-refractivity contribution < 1.29 is 19.8 Å². The Hall–Kier alpha value is -2.48. The van der Waals surface area contributed by atoms with E-state index < -0.39 is 11.9 Å². The highest BCUT2D eigenvalue weighted by atomic mass is 32.2. The molecule has 122 valence electrons. The van der Waals surface area contributed by atoms with Crippen LogP contribution in [0.15, 0.2) is 41.8 Å². The third-order valence-electron chi connectivity index (χ3n) is 2.39. The first-order chi connectivity index (χ1) is 11.0. The van der Waals surface area contributed by atoms with Gasteiger partial charge in [-0.1, -0.05) is 17.8 Å². The van der Waals surface area contributed by atoms with Gasteiger partial charge in [0.1, 0.15) is 0 Å². The van der Waals surface area contributed by atoms with E-state index in [1.165, 1.54) is 0 Å². The van der Waals surface area contributed by atoms with E-state index in [2.05, 4.69) is 15.0 Å². The zero-order valence-electron chi connectivity index (χ0n) is 12.5. The second kappa shape index (κ2) is 10.3. The molecule has 0 radical (unpaired) electrons. The first-order valence-electron chi connectivity index (χ1n) is 6.73. The van der Waals surface area contributed by atoms with E-state index in [0.717, 1.165) is 22.3 Å². The van der Waals surface area contributed by atoms with Gasteiger partial charge < -0.3 is 10.2 Å². The van der Waals surface area contributed by atoms with Crippen molar-refractivity contribution in [1.82, 2.24) is 15.0 Å². The van der Waals surface area contributed by atoms with Crippen LogP contribution in [0.5, 0.6) is 0 Å². The number of aromatic nitrogens is 3. The average Bonchev–Trinajstić information content (AvgIpc) is 2.53. The summed E-state index contributed by atoms with van der Waals surface area (Å²) < 4.78 is 0. The second-order valence-corrected chi connectivity index (χ2v) is 5.32. The van der Waals surface area contributed by atoms with Gasteiger partial charge in [-0.2, -0.15) is 0 Å². The molecule has 8 heteroatoms. The van der Waals surface area contributed by atoms with Crippen molar-refractivity contribution in [3.8, 4) is 0 Å². The molecule has 2 N–H and O–H groups in total. The van der Waals surface area contributed by atoms with E-state index in [1.54, 1.807) is 24.2 Å². The molecule has 23 heavy (non-hydrogen) atoms. The molecular formula is C15H17N3O4S. The molecular weight excluding hydrogens is 318 g/mol. The molecule has 0 saturated carbocycles. The Morgan fingerprint density at radius 2 is 1.65 bits per heavy atom. The molecule has 0 bridgehead atoms. The van der Waals surface area contributed by atoms with E-state index in [0.29, 0.717) is 0 Å². The average molecular weight is 335 g/mol. The van der Waals surface area contributed by atoms with Gasteiger partial charge in [0.15, 0.2) is 5.16 Å². The molecule has 2 rings (SSSR count). The van der Waals surface area contributed by atoms with Crippen molar-refractivity contribution in [3.05, 3.63) is 48.0 Å². The lowest BCUT2D eigenvalue weighted by Gasteiger charge is -2.00. The zero-order valence-corrected chi connectivity index (χ0v) is 13.4. The van der Waals surface area contributed by atoms with Crippen LogP contribution in [-0.2, 0) is 15.3 Å². The number of carbonyl (C=O) groups is 2. The summed E-state index contributed by atoms with van der Waals surface area (Å²) in [5, 5.41) is 16.6. The van der Waals surface area contributed by atoms with Crippen LogP contribution in [0.2, 0.25) is 0 Å². The normalized spacial score (nSPS) is 9.61. The number of rotatable bonds is 6. The molecule has 0 unspecified atom stereocenters. The monoisotopic (exact) mass is 335 g/mol. The summed E-state index contributed by atoms with van der Waals surface area (Å²) in [6.07, 6.45) is 2.91. The van der Waals surface area contributed by atoms with Gasteiger partial charge >= 0.3 is 11.9 Å². The lowest BCUT2D eigenvalue weighted by atomic mass is 10.3. The lowest BCUT2D eigenvalue weighted by Crippen LogP contribution is -2.00.